The highest BCUT2D eigenvalue weighted by molar-refractivity contribution is 5.55. The molecule has 0 aliphatic carbocycles. The summed E-state index contributed by atoms with van der Waals surface area (Å²) in [6.07, 6.45) is -10.2. The van der Waals surface area contributed by atoms with Gasteiger partial charge in [0.1, 0.15) is 0 Å². The van der Waals surface area contributed by atoms with Gasteiger partial charge in [0.25, 0.3) is 0 Å². The quantitative estimate of drug-likeness (QED) is 0.432. The third kappa shape index (κ3) is 7.58. The van der Waals surface area contributed by atoms with Gasteiger partial charge in [0.2, 0.25) is 0 Å². The van der Waals surface area contributed by atoms with Crippen LogP contribution < -0.4 is 0 Å². The second-order valence-electron chi connectivity index (χ2n) is 7.87. The lowest BCUT2D eigenvalue weighted by atomic mass is 9.96. The molecule has 0 amide bonds. The second-order valence-corrected chi connectivity index (χ2v) is 7.87. The zero-order chi connectivity index (χ0) is 24.8. The molecule has 182 valence electrons. The van der Waals surface area contributed by atoms with Crippen molar-refractivity contribution in [2.45, 2.75) is 57.9 Å². The first-order valence-corrected chi connectivity index (χ1v) is 10.3. The number of benzene rings is 2. The van der Waals surface area contributed by atoms with Gasteiger partial charge in [0.05, 0.1) is 19.3 Å². The molecule has 2 aromatic rings. The molecule has 2 rings (SSSR count). The standard InChI is InChI=1S/C24H26F6O3/c1-15-11-16(3-2-4-17-6-8-19(13-31)20(12-17)14-32)5-7-18(15)9-10-21(33)22(23(25,26)27)24(28,29)30/h5-12,21-22,31-33H,2-4,13-14H2,1H3/b10-9+. The average molecular weight is 476 g/mol. The Hall–Kier alpha value is -2.36. The van der Waals surface area contributed by atoms with Gasteiger partial charge in [-0.15, -0.1) is 0 Å². The molecular formula is C24H26F6O3. The number of aliphatic hydroxyl groups is 3. The number of halogens is 6. The highest BCUT2D eigenvalue weighted by atomic mass is 19.4. The lowest BCUT2D eigenvalue weighted by Crippen LogP contribution is -2.44. The van der Waals surface area contributed by atoms with E-state index in [1.807, 2.05) is 12.1 Å². The molecule has 0 aliphatic rings. The summed E-state index contributed by atoms with van der Waals surface area (Å²) in [5.74, 6) is -3.85. The minimum absolute atomic E-state index is 0.152. The van der Waals surface area contributed by atoms with Crippen molar-refractivity contribution in [2.24, 2.45) is 5.92 Å². The summed E-state index contributed by atoms with van der Waals surface area (Å²) in [5.41, 5.74) is 4.35. The Morgan fingerprint density at radius 3 is 1.88 bits per heavy atom. The van der Waals surface area contributed by atoms with Gasteiger partial charge >= 0.3 is 12.4 Å². The van der Waals surface area contributed by atoms with E-state index in [1.54, 1.807) is 31.2 Å². The van der Waals surface area contributed by atoms with Crippen molar-refractivity contribution >= 4 is 6.08 Å². The van der Waals surface area contributed by atoms with Gasteiger partial charge in [-0.25, -0.2) is 0 Å². The smallest absolute Gasteiger partial charge is 0.392 e. The van der Waals surface area contributed by atoms with Gasteiger partial charge in [-0.3, -0.25) is 0 Å². The minimum Gasteiger partial charge on any atom is -0.392 e. The Morgan fingerprint density at radius 1 is 0.818 bits per heavy atom. The van der Waals surface area contributed by atoms with Crippen molar-refractivity contribution in [1.29, 1.82) is 0 Å². The van der Waals surface area contributed by atoms with Crippen molar-refractivity contribution in [3.8, 4) is 0 Å². The summed E-state index contributed by atoms with van der Waals surface area (Å²) in [7, 11) is 0. The summed E-state index contributed by atoms with van der Waals surface area (Å²) in [6, 6.07) is 10.6. The van der Waals surface area contributed by atoms with Gasteiger partial charge in [0, 0.05) is 0 Å². The third-order valence-corrected chi connectivity index (χ3v) is 5.40. The maximum Gasteiger partial charge on any atom is 0.403 e. The number of aryl methyl sites for hydroxylation is 3. The maximum absolute atomic E-state index is 12.7. The van der Waals surface area contributed by atoms with E-state index in [2.05, 4.69) is 0 Å². The first-order valence-electron chi connectivity index (χ1n) is 10.3. The van der Waals surface area contributed by atoms with Crippen LogP contribution >= 0.6 is 0 Å². The molecule has 2 aromatic carbocycles. The predicted octanol–water partition coefficient (Wildman–Crippen LogP) is 5.27. The largest absolute Gasteiger partial charge is 0.403 e. The molecule has 0 aromatic heterocycles. The molecule has 1 unspecified atom stereocenters. The van der Waals surface area contributed by atoms with Crippen molar-refractivity contribution in [2.75, 3.05) is 0 Å². The maximum atomic E-state index is 12.7. The lowest BCUT2D eigenvalue weighted by Gasteiger charge is -2.25. The molecule has 0 aliphatic heterocycles. The van der Waals surface area contributed by atoms with Crippen LogP contribution in [0.3, 0.4) is 0 Å². The molecule has 9 heteroatoms. The summed E-state index contributed by atoms with van der Waals surface area (Å²) < 4.78 is 76.2. The van der Waals surface area contributed by atoms with Gasteiger partial charge < -0.3 is 15.3 Å². The molecule has 0 saturated heterocycles. The number of hydrogen-bond acceptors (Lipinski definition) is 3. The molecule has 0 heterocycles. The number of rotatable bonds is 9. The monoisotopic (exact) mass is 476 g/mol. The topological polar surface area (TPSA) is 60.7 Å². The first-order chi connectivity index (χ1) is 15.4. The highest BCUT2D eigenvalue weighted by Gasteiger charge is 2.59. The molecule has 1 atom stereocenters. The molecular weight excluding hydrogens is 450 g/mol. The molecule has 33 heavy (non-hydrogen) atoms. The average Bonchev–Trinajstić information content (AvgIpc) is 2.70. The van der Waals surface area contributed by atoms with E-state index >= 15 is 0 Å². The Balaban J connectivity index is 2.02. The number of alkyl halides is 6. The van der Waals surface area contributed by atoms with Crippen LogP contribution in [0.5, 0.6) is 0 Å². The number of aliphatic hydroxyl groups excluding tert-OH is 3. The molecule has 0 spiro atoms. The van der Waals surface area contributed by atoms with Gasteiger partial charge in [-0.1, -0.05) is 48.6 Å². The first kappa shape index (κ1) is 26.9. The van der Waals surface area contributed by atoms with E-state index in [1.165, 1.54) is 0 Å². The molecule has 3 nitrogen and oxygen atoms in total. The zero-order valence-corrected chi connectivity index (χ0v) is 17.9. The number of hydrogen-bond donors (Lipinski definition) is 3. The molecule has 0 saturated carbocycles. The predicted molar refractivity (Wildman–Crippen MR) is 112 cm³/mol. The zero-order valence-electron chi connectivity index (χ0n) is 17.9. The van der Waals surface area contributed by atoms with E-state index in [-0.39, 0.29) is 13.2 Å². The Bertz CT molecular complexity index is 936. The molecule has 0 bridgehead atoms. The summed E-state index contributed by atoms with van der Waals surface area (Å²) in [4.78, 5) is 0. The summed E-state index contributed by atoms with van der Waals surface area (Å²) in [5, 5.41) is 28.2. The Kier molecular flexibility index (Phi) is 9.11. The highest BCUT2D eigenvalue weighted by Crippen LogP contribution is 2.41. The van der Waals surface area contributed by atoms with Crippen LogP contribution in [0.25, 0.3) is 6.08 Å². The van der Waals surface area contributed by atoms with Crippen molar-refractivity contribution in [1.82, 2.24) is 0 Å². The van der Waals surface area contributed by atoms with Crippen LogP contribution in [0.15, 0.2) is 42.5 Å². The van der Waals surface area contributed by atoms with Crippen LogP contribution in [0, 0.1) is 12.8 Å². The fourth-order valence-electron chi connectivity index (χ4n) is 3.60. The van der Waals surface area contributed by atoms with E-state index in [4.69, 9.17) is 0 Å². The van der Waals surface area contributed by atoms with E-state index in [9.17, 15) is 41.7 Å². The van der Waals surface area contributed by atoms with Gasteiger partial charge in [0.15, 0.2) is 5.92 Å². The van der Waals surface area contributed by atoms with Crippen molar-refractivity contribution in [3.63, 3.8) is 0 Å². The van der Waals surface area contributed by atoms with Crippen LogP contribution in [-0.4, -0.2) is 33.8 Å². The third-order valence-electron chi connectivity index (χ3n) is 5.40. The van der Waals surface area contributed by atoms with Gasteiger partial charge in [-0.2, -0.15) is 26.3 Å². The van der Waals surface area contributed by atoms with Crippen LogP contribution in [0.4, 0.5) is 26.3 Å². The summed E-state index contributed by atoms with van der Waals surface area (Å²) in [6.45, 7) is 1.36. The van der Waals surface area contributed by atoms with E-state index in [0.717, 1.165) is 30.0 Å². The SMILES string of the molecule is Cc1cc(CCCc2ccc(CO)c(CO)c2)ccc1/C=C/C(O)C(C(F)(F)F)C(F)(F)F. The lowest BCUT2D eigenvalue weighted by molar-refractivity contribution is -0.300. The van der Waals surface area contributed by atoms with Crippen LogP contribution in [0.1, 0.15) is 39.8 Å². The summed E-state index contributed by atoms with van der Waals surface area (Å²) >= 11 is 0. The van der Waals surface area contributed by atoms with E-state index in [0.29, 0.717) is 34.8 Å². The molecule has 0 radical (unpaired) electrons. The van der Waals surface area contributed by atoms with E-state index < -0.39 is 24.4 Å². The second kappa shape index (κ2) is 11.2. The van der Waals surface area contributed by atoms with Gasteiger partial charge in [-0.05, 0) is 59.6 Å². The van der Waals surface area contributed by atoms with Crippen LogP contribution in [0.2, 0.25) is 0 Å². The Morgan fingerprint density at radius 2 is 1.36 bits per heavy atom. The molecule has 3 N–H and O–H groups in total. The van der Waals surface area contributed by atoms with Crippen LogP contribution in [-0.2, 0) is 26.1 Å². The Labute approximate surface area is 188 Å². The minimum atomic E-state index is -5.61. The normalized spacial score (nSPS) is 13.8. The van der Waals surface area contributed by atoms with Crippen molar-refractivity contribution in [3.05, 3.63) is 75.9 Å². The fraction of sp³-hybridized carbons (Fsp3) is 0.417. The fourth-order valence-corrected chi connectivity index (χ4v) is 3.60. The molecule has 0 fully saturated rings. The van der Waals surface area contributed by atoms with Crippen molar-refractivity contribution < 1.29 is 41.7 Å².